The lowest BCUT2D eigenvalue weighted by Crippen LogP contribution is -2.42. The van der Waals surface area contributed by atoms with Crippen molar-refractivity contribution in [3.63, 3.8) is 0 Å². The number of anilines is 1. The molecule has 1 aromatic carbocycles. The Labute approximate surface area is 150 Å². The minimum atomic E-state index is -0.0852. The molecule has 4 rings (SSSR count). The highest BCUT2D eigenvalue weighted by molar-refractivity contribution is 7.17. The number of amides is 2. The van der Waals surface area contributed by atoms with E-state index in [-0.39, 0.29) is 17.9 Å². The second-order valence-electron chi connectivity index (χ2n) is 6.79. The SMILES string of the molecule is CC(=O)Nc1ccc(-c2ccc(C(=O)N[C@@H]3C[C@@H]4CC[C@@H]3N4)s2)cc1. The Morgan fingerprint density at radius 1 is 1.12 bits per heavy atom. The minimum absolute atomic E-state index is 0.0190. The van der Waals surface area contributed by atoms with Crippen LogP contribution in [0.4, 0.5) is 5.69 Å². The fourth-order valence-electron chi connectivity index (χ4n) is 3.76. The van der Waals surface area contributed by atoms with E-state index in [9.17, 15) is 9.59 Å². The normalized spacial score (nSPS) is 24.3. The van der Waals surface area contributed by atoms with Crippen LogP contribution in [0, 0.1) is 0 Å². The second kappa shape index (κ2) is 6.61. The number of thiophene rings is 1. The third-order valence-corrected chi connectivity index (χ3v) is 6.07. The molecule has 0 unspecified atom stereocenters. The number of nitrogens with one attached hydrogen (secondary N) is 3. The zero-order valence-electron chi connectivity index (χ0n) is 14.0. The Balaban J connectivity index is 1.42. The first-order valence-electron chi connectivity index (χ1n) is 8.63. The van der Waals surface area contributed by atoms with E-state index in [1.807, 2.05) is 36.4 Å². The predicted molar refractivity (Wildman–Crippen MR) is 99.9 cm³/mol. The molecule has 130 valence electrons. The number of hydrogen-bond acceptors (Lipinski definition) is 4. The maximum atomic E-state index is 12.5. The fraction of sp³-hybridized carbons (Fsp3) is 0.368. The van der Waals surface area contributed by atoms with Gasteiger partial charge >= 0.3 is 0 Å². The molecular formula is C19H21N3O2S. The predicted octanol–water partition coefficient (Wildman–Crippen LogP) is 3.00. The summed E-state index contributed by atoms with van der Waals surface area (Å²) in [6, 6.07) is 12.8. The van der Waals surface area contributed by atoms with Gasteiger partial charge in [-0.05, 0) is 49.1 Å². The van der Waals surface area contributed by atoms with Gasteiger partial charge in [0.15, 0.2) is 0 Å². The molecule has 1 aromatic heterocycles. The van der Waals surface area contributed by atoms with Crippen LogP contribution in [0.1, 0.15) is 35.9 Å². The third kappa shape index (κ3) is 3.45. The molecule has 5 nitrogen and oxygen atoms in total. The lowest BCUT2D eigenvalue weighted by Gasteiger charge is -2.20. The highest BCUT2D eigenvalue weighted by Crippen LogP contribution is 2.31. The van der Waals surface area contributed by atoms with Gasteiger partial charge < -0.3 is 16.0 Å². The Morgan fingerprint density at radius 2 is 1.92 bits per heavy atom. The highest BCUT2D eigenvalue weighted by Gasteiger charge is 2.39. The molecule has 25 heavy (non-hydrogen) atoms. The molecule has 0 saturated carbocycles. The largest absolute Gasteiger partial charge is 0.347 e. The van der Waals surface area contributed by atoms with Crippen LogP contribution >= 0.6 is 11.3 Å². The molecule has 3 heterocycles. The van der Waals surface area contributed by atoms with Crippen molar-refractivity contribution in [2.45, 2.75) is 44.3 Å². The quantitative estimate of drug-likeness (QED) is 0.790. The van der Waals surface area contributed by atoms with Gasteiger partial charge in [0.25, 0.3) is 5.91 Å². The van der Waals surface area contributed by atoms with Gasteiger partial charge in [0.1, 0.15) is 0 Å². The van der Waals surface area contributed by atoms with Crippen molar-refractivity contribution in [1.29, 1.82) is 0 Å². The van der Waals surface area contributed by atoms with Gasteiger partial charge in [0.05, 0.1) is 4.88 Å². The maximum absolute atomic E-state index is 12.5. The monoisotopic (exact) mass is 355 g/mol. The van der Waals surface area contributed by atoms with Crippen molar-refractivity contribution in [2.24, 2.45) is 0 Å². The summed E-state index contributed by atoms with van der Waals surface area (Å²) in [6.07, 6.45) is 3.43. The van der Waals surface area contributed by atoms with Crippen LogP contribution < -0.4 is 16.0 Å². The van der Waals surface area contributed by atoms with E-state index in [4.69, 9.17) is 0 Å². The molecule has 2 aliphatic rings. The number of hydrogen-bond donors (Lipinski definition) is 3. The van der Waals surface area contributed by atoms with E-state index in [1.54, 1.807) is 0 Å². The van der Waals surface area contributed by atoms with Crippen molar-refractivity contribution >= 4 is 28.8 Å². The first-order valence-corrected chi connectivity index (χ1v) is 9.45. The van der Waals surface area contributed by atoms with Gasteiger partial charge in [-0.3, -0.25) is 9.59 Å². The smallest absolute Gasteiger partial charge is 0.261 e. The molecular weight excluding hydrogens is 334 g/mol. The summed E-state index contributed by atoms with van der Waals surface area (Å²) in [5.41, 5.74) is 1.81. The summed E-state index contributed by atoms with van der Waals surface area (Å²) in [6.45, 7) is 1.49. The van der Waals surface area contributed by atoms with Gasteiger partial charge in [0.2, 0.25) is 5.91 Å². The van der Waals surface area contributed by atoms with Crippen molar-refractivity contribution in [1.82, 2.24) is 10.6 Å². The zero-order valence-corrected chi connectivity index (χ0v) is 14.9. The van der Waals surface area contributed by atoms with Crippen LogP contribution in [0.5, 0.6) is 0 Å². The van der Waals surface area contributed by atoms with Crippen molar-refractivity contribution in [3.8, 4) is 10.4 Å². The maximum Gasteiger partial charge on any atom is 0.261 e. The van der Waals surface area contributed by atoms with Gasteiger partial charge in [-0.1, -0.05) is 12.1 Å². The molecule has 2 fully saturated rings. The number of benzene rings is 1. The van der Waals surface area contributed by atoms with Crippen LogP contribution in [-0.2, 0) is 4.79 Å². The van der Waals surface area contributed by atoms with E-state index in [0.717, 1.165) is 33.8 Å². The van der Waals surface area contributed by atoms with E-state index < -0.39 is 0 Å². The number of carbonyl (C=O) groups is 2. The standard InChI is InChI=1S/C19H21N3O2S/c1-11(23)20-13-4-2-12(3-5-13)17-8-9-18(25-17)19(24)22-16-10-14-6-7-15(16)21-14/h2-5,8-9,14-16,21H,6-7,10H2,1H3,(H,20,23)(H,22,24)/t14-,15-,16+/m0/s1. The summed E-state index contributed by atoms with van der Waals surface area (Å²) in [4.78, 5) is 25.4. The molecule has 2 amide bonds. The summed E-state index contributed by atoms with van der Waals surface area (Å²) in [5, 5.41) is 9.48. The first-order chi connectivity index (χ1) is 12.1. The van der Waals surface area contributed by atoms with Crippen LogP contribution in [0.2, 0.25) is 0 Å². The summed E-state index contributed by atoms with van der Waals surface area (Å²) >= 11 is 1.50. The fourth-order valence-corrected chi connectivity index (χ4v) is 4.67. The van der Waals surface area contributed by atoms with E-state index >= 15 is 0 Å². The summed E-state index contributed by atoms with van der Waals surface area (Å²) < 4.78 is 0. The molecule has 3 atom stereocenters. The molecule has 2 aromatic rings. The van der Waals surface area contributed by atoms with Crippen LogP contribution in [0.3, 0.4) is 0 Å². The second-order valence-corrected chi connectivity index (χ2v) is 7.87. The molecule has 0 spiro atoms. The zero-order chi connectivity index (χ0) is 17.4. The summed E-state index contributed by atoms with van der Waals surface area (Å²) in [7, 11) is 0. The van der Waals surface area contributed by atoms with Crippen LogP contribution in [0.25, 0.3) is 10.4 Å². The molecule has 2 bridgehead atoms. The molecule has 6 heteroatoms. The summed E-state index contributed by atoms with van der Waals surface area (Å²) in [5.74, 6) is -0.0663. The Morgan fingerprint density at radius 3 is 2.56 bits per heavy atom. The lowest BCUT2D eigenvalue weighted by atomic mass is 9.95. The third-order valence-electron chi connectivity index (χ3n) is 4.94. The molecule has 0 aliphatic carbocycles. The highest BCUT2D eigenvalue weighted by atomic mass is 32.1. The average Bonchev–Trinajstić information content (AvgIpc) is 3.31. The van der Waals surface area contributed by atoms with Crippen LogP contribution in [0.15, 0.2) is 36.4 Å². The van der Waals surface area contributed by atoms with Crippen LogP contribution in [-0.4, -0.2) is 29.9 Å². The van der Waals surface area contributed by atoms with Gasteiger partial charge in [0, 0.05) is 35.6 Å². The molecule has 2 aliphatic heterocycles. The lowest BCUT2D eigenvalue weighted by molar-refractivity contribution is -0.114. The van der Waals surface area contributed by atoms with E-state index in [2.05, 4.69) is 16.0 Å². The Hall–Kier alpha value is -2.18. The Kier molecular flexibility index (Phi) is 4.31. The molecule has 2 saturated heterocycles. The van der Waals surface area contributed by atoms with Gasteiger partial charge in [-0.2, -0.15) is 0 Å². The topological polar surface area (TPSA) is 70.2 Å². The number of carbonyl (C=O) groups excluding carboxylic acids is 2. The van der Waals surface area contributed by atoms with Gasteiger partial charge in [-0.25, -0.2) is 0 Å². The van der Waals surface area contributed by atoms with Crippen molar-refractivity contribution < 1.29 is 9.59 Å². The first kappa shape index (κ1) is 16.3. The average molecular weight is 355 g/mol. The molecule has 3 N–H and O–H groups in total. The molecule has 0 radical (unpaired) electrons. The number of rotatable bonds is 4. The van der Waals surface area contributed by atoms with E-state index in [1.165, 1.54) is 24.7 Å². The van der Waals surface area contributed by atoms with E-state index in [0.29, 0.717) is 12.1 Å². The van der Waals surface area contributed by atoms with Gasteiger partial charge in [-0.15, -0.1) is 11.3 Å². The van der Waals surface area contributed by atoms with Crippen molar-refractivity contribution in [3.05, 3.63) is 41.3 Å². The number of fused-ring (bicyclic) bond motifs is 2. The van der Waals surface area contributed by atoms with Crippen molar-refractivity contribution in [2.75, 3.05) is 5.32 Å². The minimum Gasteiger partial charge on any atom is -0.347 e. The Bertz CT molecular complexity index is 799.